The van der Waals surface area contributed by atoms with E-state index in [1.165, 1.54) is 12.8 Å². The van der Waals surface area contributed by atoms with Gasteiger partial charge in [-0.15, -0.1) is 0 Å². The Morgan fingerprint density at radius 2 is 2.00 bits per heavy atom. The summed E-state index contributed by atoms with van der Waals surface area (Å²) in [5, 5.41) is 14.2. The standard InChI is InChI=1S/C27H34N6O3/c1-32-11-5-7-18-13-20(15-23(18)32)29-26(34)25-22-10-9-19(14-24(22)33(2)31-25)30-27(35)28-16-17-6-4-8-21(12-17)36-3/h4,6,8-10,12,14,18,20,23H,5,7,11,13,15-16H2,1-3H3,(H,29,34)(H2,28,30,35)/t18?,20-,23?/m1/s1. The SMILES string of the molecule is COc1cccc(CNC(=O)Nc2ccc3c(C(=O)N[C@@H]4CC5CCCN(C)C5C4)nn(C)c3c2)c1. The third-order valence-corrected chi connectivity index (χ3v) is 7.56. The molecule has 3 N–H and O–H groups in total. The predicted octanol–water partition coefficient (Wildman–Crippen LogP) is 3.51. The second-order valence-electron chi connectivity index (χ2n) is 9.96. The molecule has 2 aliphatic rings. The lowest BCUT2D eigenvalue weighted by Gasteiger charge is -2.34. The molecule has 1 aromatic heterocycles. The molecular formula is C27H34N6O3. The lowest BCUT2D eigenvalue weighted by molar-refractivity contribution is 0.0932. The first-order valence-corrected chi connectivity index (χ1v) is 12.6. The summed E-state index contributed by atoms with van der Waals surface area (Å²) < 4.78 is 6.91. The van der Waals surface area contributed by atoms with Crippen molar-refractivity contribution in [3.8, 4) is 5.75 Å². The maximum atomic E-state index is 13.2. The molecule has 2 fully saturated rings. The number of rotatable bonds is 6. The largest absolute Gasteiger partial charge is 0.497 e. The van der Waals surface area contributed by atoms with Gasteiger partial charge in [-0.3, -0.25) is 9.48 Å². The van der Waals surface area contributed by atoms with E-state index in [9.17, 15) is 9.59 Å². The van der Waals surface area contributed by atoms with Gasteiger partial charge in [0.1, 0.15) is 5.75 Å². The van der Waals surface area contributed by atoms with Gasteiger partial charge in [0.05, 0.1) is 12.6 Å². The van der Waals surface area contributed by atoms with Gasteiger partial charge in [-0.1, -0.05) is 12.1 Å². The minimum absolute atomic E-state index is 0.136. The first-order chi connectivity index (χ1) is 17.4. The summed E-state index contributed by atoms with van der Waals surface area (Å²) in [6.07, 6.45) is 4.51. The quantitative estimate of drug-likeness (QED) is 0.491. The van der Waals surface area contributed by atoms with E-state index in [0.29, 0.717) is 29.9 Å². The smallest absolute Gasteiger partial charge is 0.319 e. The topological polar surface area (TPSA) is 101 Å². The summed E-state index contributed by atoms with van der Waals surface area (Å²) in [6, 6.07) is 13.5. The number of nitrogens with one attached hydrogen (secondary N) is 3. The van der Waals surface area contributed by atoms with Crippen LogP contribution in [0.4, 0.5) is 10.5 Å². The van der Waals surface area contributed by atoms with Crippen LogP contribution >= 0.6 is 0 Å². The fourth-order valence-electron chi connectivity index (χ4n) is 5.74. The summed E-state index contributed by atoms with van der Waals surface area (Å²) in [7, 11) is 5.62. The number of amides is 3. The Morgan fingerprint density at radius 3 is 2.81 bits per heavy atom. The number of piperidine rings is 1. The minimum atomic E-state index is -0.315. The van der Waals surface area contributed by atoms with E-state index in [0.717, 1.165) is 41.6 Å². The van der Waals surface area contributed by atoms with Gasteiger partial charge in [0.15, 0.2) is 5.69 Å². The molecule has 0 radical (unpaired) electrons. The van der Waals surface area contributed by atoms with Crippen LogP contribution in [-0.4, -0.2) is 59.4 Å². The maximum absolute atomic E-state index is 13.2. The molecule has 9 nitrogen and oxygen atoms in total. The lowest BCUT2D eigenvalue weighted by Crippen LogP contribution is -2.40. The molecule has 3 amide bonds. The van der Waals surface area contributed by atoms with E-state index in [1.54, 1.807) is 17.9 Å². The Kier molecular flexibility index (Phi) is 6.82. The fraction of sp³-hybridized carbons (Fsp3) is 0.444. The third-order valence-electron chi connectivity index (χ3n) is 7.56. The number of hydrogen-bond acceptors (Lipinski definition) is 5. The highest BCUT2D eigenvalue weighted by atomic mass is 16.5. The summed E-state index contributed by atoms with van der Waals surface area (Å²) >= 11 is 0. The number of hydrogen-bond donors (Lipinski definition) is 3. The number of methoxy groups -OCH3 is 1. The molecule has 9 heteroatoms. The summed E-state index contributed by atoms with van der Waals surface area (Å²) in [4.78, 5) is 28.1. The number of ether oxygens (including phenoxy) is 1. The number of aromatic nitrogens is 2. The lowest BCUT2D eigenvalue weighted by atomic mass is 9.92. The van der Waals surface area contributed by atoms with E-state index in [1.807, 2.05) is 43.4 Å². The van der Waals surface area contributed by atoms with Gasteiger partial charge in [-0.25, -0.2) is 4.79 Å². The molecule has 1 aliphatic carbocycles. The van der Waals surface area contributed by atoms with E-state index >= 15 is 0 Å². The van der Waals surface area contributed by atoms with Crippen LogP contribution in [0, 0.1) is 5.92 Å². The van der Waals surface area contributed by atoms with Gasteiger partial charge >= 0.3 is 6.03 Å². The van der Waals surface area contributed by atoms with Crippen molar-refractivity contribution in [3.05, 3.63) is 53.7 Å². The molecule has 1 saturated heterocycles. The molecule has 1 saturated carbocycles. The molecule has 5 rings (SSSR count). The van der Waals surface area contributed by atoms with Gasteiger partial charge < -0.3 is 25.6 Å². The van der Waals surface area contributed by atoms with Crippen LogP contribution in [-0.2, 0) is 13.6 Å². The van der Waals surface area contributed by atoms with E-state index < -0.39 is 0 Å². The molecule has 3 aromatic rings. The number of anilines is 1. The van der Waals surface area contributed by atoms with E-state index in [4.69, 9.17) is 4.74 Å². The number of fused-ring (bicyclic) bond motifs is 2. The van der Waals surface area contributed by atoms with Crippen LogP contribution in [0.1, 0.15) is 41.7 Å². The Morgan fingerprint density at radius 1 is 1.14 bits per heavy atom. The third kappa shape index (κ3) is 5.02. The summed E-state index contributed by atoms with van der Waals surface area (Å²) in [6.45, 7) is 1.52. The van der Waals surface area contributed by atoms with E-state index in [2.05, 4.69) is 33.0 Å². The van der Waals surface area contributed by atoms with Gasteiger partial charge in [-0.2, -0.15) is 5.10 Å². The Bertz CT molecular complexity index is 1270. The van der Waals surface area contributed by atoms with Crippen molar-refractivity contribution in [1.82, 2.24) is 25.3 Å². The van der Waals surface area contributed by atoms with Crippen LogP contribution in [0.2, 0.25) is 0 Å². The number of carbonyl (C=O) groups excluding carboxylic acids is 2. The number of nitrogens with zero attached hydrogens (tertiary/aromatic N) is 3. The molecule has 1 aliphatic heterocycles. The predicted molar refractivity (Wildman–Crippen MR) is 139 cm³/mol. The van der Waals surface area contributed by atoms with Crippen molar-refractivity contribution in [3.63, 3.8) is 0 Å². The first-order valence-electron chi connectivity index (χ1n) is 12.6. The van der Waals surface area contributed by atoms with Crippen molar-refractivity contribution in [2.24, 2.45) is 13.0 Å². The zero-order chi connectivity index (χ0) is 25.2. The average molecular weight is 491 g/mol. The van der Waals surface area contributed by atoms with Crippen LogP contribution in [0.15, 0.2) is 42.5 Å². The first kappa shape index (κ1) is 24.1. The molecule has 2 aromatic carbocycles. The highest BCUT2D eigenvalue weighted by Gasteiger charge is 2.39. The van der Waals surface area contributed by atoms with Gasteiger partial charge in [0.2, 0.25) is 0 Å². The fourth-order valence-corrected chi connectivity index (χ4v) is 5.74. The number of aryl methyl sites for hydroxylation is 1. The zero-order valence-corrected chi connectivity index (χ0v) is 21.1. The Hall–Kier alpha value is -3.59. The van der Waals surface area contributed by atoms with Crippen molar-refractivity contribution in [1.29, 1.82) is 0 Å². The van der Waals surface area contributed by atoms with Crippen molar-refractivity contribution < 1.29 is 14.3 Å². The molecule has 2 unspecified atom stereocenters. The minimum Gasteiger partial charge on any atom is -0.497 e. The monoisotopic (exact) mass is 490 g/mol. The molecule has 3 atom stereocenters. The molecule has 36 heavy (non-hydrogen) atoms. The number of likely N-dealkylation sites (tertiary alicyclic amines) is 1. The molecule has 0 bridgehead atoms. The van der Waals surface area contributed by atoms with Crippen molar-refractivity contribution >= 4 is 28.5 Å². The molecule has 2 heterocycles. The van der Waals surface area contributed by atoms with Crippen LogP contribution in [0.5, 0.6) is 5.75 Å². The van der Waals surface area contributed by atoms with Crippen LogP contribution in [0.3, 0.4) is 0 Å². The summed E-state index contributed by atoms with van der Waals surface area (Å²) in [5.41, 5.74) is 2.77. The Labute approximate surface area is 211 Å². The Balaban J connectivity index is 1.22. The van der Waals surface area contributed by atoms with Gasteiger partial charge in [0.25, 0.3) is 5.91 Å². The number of carbonyl (C=O) groups is 2. The molecule has 190 valence electrons. The second-order valence-corrected chi connectivity index (χ2v) is 9.96. The highest BCUT2D eigenvalue weighted by molar-refractivity contribution is 6.06. The van der Waals surface area contributed by atoms with Crippen LogP contribution < -0.4 is 20.7 Å². The number of urea groups is 1. The highest BCUT2D eigenvalue weighted by Crippen LogP contribution is 2.36. The van der Waals surface area contributed by atoms with Crippen molar-refractivity contribution in [2.75, 3.05) is 26.0 Å². The average Bonchev–Trinajstić information content (AvgIpc) is 3.44. The zero-order valence-electron chi connectivity index (χ0n) is 21.1. The van der Waals surface area contributed by atoms with E-state index in [-0.39, 0.29) is 18.0 Å². The summed E-state index contributed by atoms with van der Waals surface area (Å²) in [5.74, 6) is 1.27. The number of benzene rings is 2. The van der Waals surface area contributed by atoms with Crippen LogP contribution in [0.25, 0.3) is 10.9 Å². The van der Waals surface area contributed by atoms with Gasteiger partial charge in [-0.05, 0) is 81.1 Å². The van der Waals surface area contributed by atoms with Crippen molar-refractivity contribution in [2.45, 2.75) is 44.3 Å². The maximum Gasteiger partial charge on any atom is 0.319 e. The molecule has 0 spiro atoms. The van der Waals surface area contributed by atoms with Gasteiger partial charge in [0, 0.05) is 36.7 Å². The molecular weight excluding hydrogens is 456 g/mol. The normalized spacial score (nSPS) is 21.7. The second kappa shape index (κ2) is 10.2.